The molecular formula is C44H22. The van der Waals surface area contributed by atoms with Crippen LogP contribution in [0, 0.1) is 0 Å². The third-order valence-corrected chi connectivity index (χ3v) is 10.8. The minimum Gasteiger partial charge on any atom is -0.0616 e. The van der Waals surface area contributed by atoms with E-state index in [2.05, 4.69) is 133 Å². The molecule has 0 N–H and O–H groups in total. The SMILES string of the molecule is c1ccc2c(c1)ccc1cccc3c4cccc5c6cccc7c8cccc9c%10ccccc%10c%10c2c(c13)c(c45)c(c76)c%10c98. The average molecular weight is 551 g/mol. The maximum atomic E-state index is 2.36. The van der Waals surface area contributed by atoms with E-state index in [0.29, 0.717) is 0 Å². The number of rotatable bonds is 0. The van der Waals surface area contributed by atoms with Gasteiger partial charge < -0.3 is 0 Å². The molecule has 0 aliphatic heterocycles. The first-order valence-corrected chi connectivity index (χ1v) is 15.5. The fraction of sp³-hybridized carbons (Fsp3) is 0. The van der Waals surface area contributed by atoms with Crippen LogP contribution in [0.3, 0.4) is 0 Å². The van der Waals surface area contributed by atoms with E-state index >= 15 is 0 Å². The van der Waals surface area contributed by atoms with Crippen molar-refractivity contribution in [1.82, 2.24) is 0 Å². The number of benzene rings is 11. The Labute approximate surface area is 251 Å². The standard InChI is InChI=1S/C44H22/c1-2-11-25-23(9-1)21-22-24-10-5-14-29-30-16-7-18-33-34-20-8-19-32-31-17-6-15-27-26-12-3-4-13-28(26)40-39(25)41(35(24)29)43(37(30)33)44(38(32)34)42(40)36(27)31/h1-22H. The lowest BCUT2D eigenvalue weighted by molar-refractivity contribution is 1.79. The topological polar surface area (TPSA) is 0 Å². The highest BCUT2D eigenvalue weighted by Crippen LogP contribution is 2.56. The number of hydrogen-bond acceptors (Lipinski definition) is 0. The third-order valence-electron chi connectivity index (χ3n) is 10.8. The van der Waals surface area contributed by atoms with Crippen molar-refractivity contribution < 1.29 is 0 Å². The summed E-state index contributed by atoms with van der Waals surface area (Å²) in [6, 6.07) is 50.7. The van der Waals surface area contributed by atoms with Crippen molar-refractivity contribution in [3.05, 3.63) is 133 Å². The van der Waals surface area contributed by atoms with Crippen LogP contribution >= 0.6 is 0 Å². The van der Waals surface area contributed by atoms with Gasteiger partial charge in [0.05, 0.1) is 0 Å². The summed E-state index contributed by atoms with van der Waals surface area (Å²) in [5, 5.41) is 30.0. The van der Waals surface area contributed by atoms with Gasteiger partial charge in [0.2, 0.25) is 0 Å². The van der Waals surface area contributed by atoms with Gasteiger partial charge in [-0.15, -0.1) is 0 Å². The zero-order valence-corrected chi connectivity index (χ0v) is 23.7. The van der Waals surface area contributed by atoms with E-state index in [1.807, 2.05) is 0 Å². The van der Waals surface area contributed by atoms with Gasteiger partial charge in [-0.25, -0.2) is 0 Å². The Morgan fingerprint density at radius 1 is 0.159 bits per heavy atom. The van der Waals surface area contributed by atoms with Crippen molar-refractivity contribution in [3.8, 4) is 0 Å². The molecule has 0 heteroatoms. The lowest BCUT2D eigenvalue weighted by Crippen LogP contribution is -1.97. The maximum Gasteiger partial charge on any atom is -0.0000480 e. The van der Waals surface area contributed by atoms with Crippen molar-refractivity contribution in [3.63, 3.8) is 0 Å². The predicted molar refractivity (Wildman–Crippen MR) is 193 cm³/mol. The van der Waals surface area contributed by atoms with Crippen LogP contribution in [-0.4, -0.2) is 0 Å². The third kappa shape index (κ3) is 2.26. The Kier molecular flexibility index (Phi) is 3.61. The van der Waals surface area contributed by atoms with E-state index < -0.39 is 0 Å². The van der Waals surface area contributed by atoms with Crippen LogP contribution in [-0.2, 0) is 0 Å². The molecule has 0 nitrogen and oxygen atoms in total. The van der Waals surface area contributed by atoms with Crippen LogP contribution in [0.5, 0.6) is 0 Å². The van der Waals surface area contributed by atoms with Crippen LogP contribution in [0.2, 0.25) is 0 Å². The van der Waals surface area contributed by atoms with Crippen molar-refractivity contribution >= 4 is 118 Å². The van der Waals surface area contributed by atoms with Gasteiger partial charge in [0.1, 0.15) is 0 Å². The number of hydrogen-bond donors (Lipinski definition) is 0. The van der Waals surface area contributed by atoms with E-state index in [1.165, 1.54) is 118 Å². The largest absolute Gasteiger partial charge is 0.0616 e. The molecule has 0 aliphatic carbocycles. The lowest BCUT2D eigenvalue weighted by atomic mass is 9.76. The molecule has 198 valence electrons. The van der Waals surface area contributed by atoms with Gasteiger partial charge in [-0.3, -0.25) is 0 Å². The first-order valence-electron chi connectivity index (χ1n) is 15.5. The fourth-order valence-electron chi connectivity index (χ4n) is 9.30. The molecule has 0 amide bonds. The van der Waals surface area contributed by atoms with Crippen LogP contribution in [0.25, 0.3) is 118 Å². The summed E-state index contributed by atoms with van der Waals surface area (Å²) in [7, 11) is 0. The molecule has 12 aromatic rings. The summed E-state index contributed by atoms with van der Waals surface area (Å²) in [5.41, 5.74) is 0. The van der Waals surface area contributed by atoms with Crippen LogP contribution in [0.15, 0.2) is 133 Å². The molecule has 44 heavy (non-hydrogen) atoms. The first kappa shape index (κ1) is 21.9. The molecule has 0 aliphatic rings. The van der Waals surface area contributed by atoms with E-state index in [9.17, 15) is 0 Å². The summed E-state index contributed by atoms with van der Waals surface area (Å²) < 4.78 is 0. The molecular weight excluding hydrogens is 528 g/mol. The maximum absolute atomic E-state index is 2.36. The fourth-order valence-corrected chi connectivity index (χ4v) is 9.30. The highest BCUT2D eigenvalue weighted by Gasteiger charge is 2.27. The molecule has 0 spiro atoms. The first-order chi connectivity index (χ1) is 21.9. The zero-order chi connectivity index (χ0) is 28.3. The molecule has 12 aromatic carbocycles. The molecule has 0 unspecified atom stereocenters. The highest BCUT2D eigenvalue weighted by atomic mass is 14.3. The molecule has 0 fully saturated rings. The quantitative estimate of drug-likeness (QED) is 0.130. The Balaban J connectivity index is 1.68. The van der Waals surface area contributed by atoms with E-state index in [0.717, 1.165) is 0 Å². The summed E-state index contributed by atoms with van der Waals surface area (Å²) in [6.07, 6.45) is 0. The average Bonchev–Trinajstić information content (AvgIpc) is 3.08. The van der Waals surface area contributed by atoms with Crippen LogP contribution in [0.1, 0.15) is 0 Å². The minimum absolute atomic E-state index is 1.27. The van der Waals surface area contributed by atoms with Crippen molar-refractivity contribution in [2.24, 2.45) is 0 Å². The smallest absolute Gasteiger partial charge is 0.0000480 e. The summed E-state index contributed by atoms with van der Waals surface area (Å²) in [4.78, 5) is 0. The van der Waals surface area contributed by atoms with Crippen molar-refractivity contribution in [2.75, 3.05) is 0 Å². The van der Waals surface area contributed by atoms with E-state index in [4.69, 9.17) is 0 Å². The predicted octanol–water partition coefficient (Wildman–Crippen LogP) is 12.7. The van der Waals surface area contributed by atoms with E-state index in [1.54, 1.807) is 0 Å². The molecule has 0 atom stereocenters. The van der Waals surface area contributed by atoms with Gasteiger partial charge in [0.25, 0.3) is 0 Å². The molecule has 12 rings (SSSR count). The molecule has 0 radical (unpaired) electrons. The summed E-state index contributed by atoms with van der Waals surface area (Å²) >= 11 is 0. The second-order valence-electron chi connectivity index (χ2n) is 12.7. The minimum atomic E-state index is 1.27. The Morgan fingerprint density at radius 3 is 1.09 bits per heavy atom. The molecule has 0 heterocycles. The number of fused-ring (bicyclic) bond motifs is 9. The van der Waals surface area contributed by atoms with Gasteiger partial charge >= 0.3 is 0 Å². The second-order valence-corrected chi connectivity index (χ2v) is 12.7. The van der Waals surface area contributed by atoms with Crippen molar-refractivity contribution in [2.45, 2.75) is 0 Å². The lowest BCUT2D eigenvalue weighted by Gasteiger charge is -2.26. The summed E-state index contributed by atoms with van der Waals surface area (Å²) in [6.45, 7) is 0. The van der Waals surface area contributed by atoms with Gasteiger partial charge in [-0.05, 0) is 118 Å². The molecule has 0 saturated carbocycles. The Bertz CT molecular complexity index is 3100. The molecule has 0 saturated heterocycles. The second kappa shape index (κ2) is 7.25. The molecule has 0 aromatic heterocycles. The van der Waals surface area contributed by atoms with Gasteiger partial charge in [-0.1, -0.05) is 133 Å². The molecule has 0 bridgehead atoms. The Hall–Kier alpha value is -5.72. The van der Waals surface area contributed by atoms with Gasteiger partial charge in [-0.2, -0.15) is 0 Å². The zero-order valence-electron chi connectivity index (χ0n) is 23.7. The van der Waals surface area contributed by atoms with Gasteiger partial charge in [0, 0.05) is 0 Å². The monoisotopic (exact) mass is 550 g/mol. The van der Waals surface area contributed by atoms with Gasteiger partial charge in [0.15, 0.2) is 0 Å². The van der Waals surface area contributed by atoms with Crippen LogP contribution in [0.4, 0.5) is 0 Å². The van der Waals surface area contributed by atoms with Crippen molar-refractivity contribution in [1.29, 1.82) is 0 Å². The normalized spacial score (nSPS) is 13.0. The van der Waals surface area contributed by atoms with E-state index in [-0.39, 0.29) is 0 Å². The highest BCUT2D eigenvalue weighted by molar-refractivity contribution is 6.57. The Morgan fingerprint density at radius 2 is 0.477 bits per heavy atom. The van der Waals surface area contributed by atoms with Crippen LogP contribution < -0.4 is 0 Å². The summed E-state index contributed by atoms with van der Waals surface area (Å²) in [5.74, 6) is 0.